The van der Waals surface area contributed by atoms with E-state index in [1.807, 2.05) is 6.08 Å². The van der Waals surface area contributed by atoms with Crippen LogP contribution in [-0.4, -0.2) is 45.0 Å². The van der Waals surface area contributed by atoms with E-state index in [1.54, 1.807) is 39.0 Å². The predicted octanol–water partition coefficient (Wildman–Crippen LogP) is 5.06. The van der Waals surface area contributed by atoms with Gasteiger partial charge in [0, 0.05) is 29.9 Å². The summed E-state index contributed by atoms with van der Waals surface area (Å²) in [6.07, 6.45) is 8.90. The molecule has 2 aliphatic heterocycles. The first kappa shape index (κ1) is 21.8. The summed E-state index contributed by atoms with van der Waals surface area (Å²) in [5, 5.41) is 8.23. The van der Waals surface area contributed by atoms with E-state index in [4.69, 9.17) is 16.7 Å². The highest BCUT2D eigenvalue weighted by molar-refractivity contribution is 6.68. The van der Waals surface area contributed by atoms with Gasteiger partial charge in [-0.3, -0.25) is 14.9 Å². The number of carbonyl (C=O) groups is 1. The van der Waals surface area contributed by atoms with E-state index in [2.05, 4.69) is 9.98 Å². The summed E-state index contributed by atoms with van der Waals surface area (Å²) in [5.74, 6) is -0.564. The lowest BCUT2D eigenvalue weighted by Gasteiger charge is -2.39. The molecule has 0 radical (unpaired) electrons. The van der Waals surface area contributed by atoms with Gasteiger partial charge in [0.2, 0.25) is 0 Å². The number of pyridine rings is 1. The zero-order valence-electron chi connectivity index (χ0n) is 15.9. The fourth-order valence-electron chi connectivity index (χ4n) is 2.74. The third kappa shape index (κ3) is 4.47. The van der Waals surface area contributed by atoms with Crippen LogP contribution in [0, 0.1) is 11.2 Å². The van der Waals surface area contributed by atoms with E-state index >= 15 is 4.39 Å². The van der Waals surface area contributed by atoms with Gasteiger partial charge in [-0.25, -0.2) is 13.6 Å². The van der Waals surface area contributed by atoms with Crippen molar-refractivity contribution < 1.29 is 18.7 Å². The second kappa shape index (κ2) is 8.65. The van der Waals surface area contributed by atoms with Gasteiger partial charge in [0.15, 0.2) is 5.67 Å². The van der Waals surface area contributed by atoms with Crippen LogP contribution in [0.15, 0.2) is 53.8 Å². The number of rotatable bonds is 1. The zero-order chi connectivity index (χ0) is 20.9. The summed E-state index contributed by atoms with van der Waals surface area (Å²) in [7, 11) is 0. The summed E-state index contributed by atoms with van der Waals surface area (Å²) in [6, 6.07) is 2.72. The van der Waals surface area contributed by atoms with Crippen LogP contribution in [0.2, 0.25) is 0 Å². The molecule has 0 aliphatic carbocycles. The van der Waals surface area contributed by atoms with Crippen molar-refractivity contribution in [1.29, 1.82) is 0 Å². The minimum atomic E-state index is -2.04. The van der Waals surface area contributed by atoms with Crippen molar-refractivity contribution in [3.63, 3.8) is 0 Å². The van der Waals surface area contributed by atoms with E-state index in [-0.39, 0.29) is 23.0 Å². The highest BCUT2D eigenvalue weighted by Crippen LogP contribution is 2.47. The molecule has 3 rings (SSSR count). The van der Waals surface area contributed by atoms with Gasteiger partial charge < -0.3 is 5.11 Å². The minimum Gasteiger partial charge on any atom is -0.465 e. The Bertz CT molecular complexity index is 859. The van der Waals surface area contributed by atoms with Crippen molar-refractivity contribution in [2.45, 2.75) is 26.4 Å². The molecular weight excluding hydrogens is 388 g/mol. The van der Waals surface area contributed by atoms with Crippen molar-refractivity contribution in [3.8, 4) is 0 Å². The Morgan fingerprint density at radius 2 is 2.07 bits per heavy atom. The molecule has 1 aromatic rings. The molecule has 5 nitrogen and oxygen atoms in total. The van der Waals surface area contributed by atoms with Crippen molar-refractivity contribution in [1.82, 2.24) is 9.88 Å². The molecule has 0 bridgehead atoms. The number of halogens is 3. The first-order valence-corrected chi connectivity index (χ1v) is 9.00. The normalized spacial score (nSPS) is 21.4. The Hall–Kier alpha value is -2.54. The number of amides is 1. The number of hydrogen-bond donors (Lipinski definition) is 1. The van der Waals surface area contributed by atoms with Gasteiger partial charge in [0.1, 0.15) is 16.7 Å². The first-order chi connectivity index (χ1) is 13.1. The highest BCUT2D eigenvalue weighted by Gasteiger charge is 2.52. The Morgan fingerprint density at radius 1 is 1.36 bits per heavy atom. The summed E-state index contributed by atoms with van der Waals surface area (Å²) >= 11 is 5.99. The molecule has 0 aromatic carbocycles. The quantitative estimate of drug-likeness (QED) is 0.705. The van der Waals surface area contributed by atoms with Crippen LogP contribution >= 0.6 is 11.6 Å². The molecule has 1 unspecified atom stereocenters. The molecule has 0 saturated heterocycles. The lowest BCUT2D eigenvalue weighted by Crippen LogP contribution is -2.46. The van der Waals surface area contributed by atoms with Crippen LogP contribution in [0.4, 0.5) is 13.6 Å². The van der Waals surface area contributed by atoms with Gasteiger partial charge in [-0.15, -0.1) is 0 Å². The van der Waals surface area contributed by atoms with E-state index in [0.29, 0.717) is 6.54 Å². The standard InChI is InChI=1S/C14H15ClF2N2.C6H7NO2/c1-13(2,3)14(17)9(6-8-19-12(14)15)11-10(16)5-4-7-18-11;8-6(9)7-4-2-1-3-5-7/h4-7H,8H2,1-3H3;1-4H,5H2,(H,8,9). The maximum atomic E-state index is 15.5. The molecule has 150 valence electrons. The lowest BCUT2D eigenvalue weighted by molar-refractivity contribution is 0.161. The molecule has 1 atom stereocenters. The van der Waals surface area contributed by atoms with Crippen molar-refractivity contribution in [3.05, 3.63) is 60.3 Å². The summed E-state index contributed by atoms with van der Waals surface area (Å²) in [4.78, 5) is 19.3. The molecule has 1 aromatic heterocycles. The van der Waals surface area contributed by atoms with Gasteiger partial charge in [0.05, 0.1) is 6.54 Å². The Balaban J connectivity index is 0.000000261. The molecule has 0 fully saturated rings. The summed E-state index contributed by atoms with van der Waals surface area (Å²) < 4.78 is 29.3. The van der Waals surface area contributed by atoms with Crippen molar-refractivity contribution >= 4 is 28.4 Å². The zero-order valence-corrected chi connectivity index (χ0v) is 16.6. The molecular formula is C20H22ClF2N3O2. The fraction of sp³-hybridized carbons (Fsp3) is 0.350. The van der Waals surface area contributed by atoms with Crippen LogP contribution in [0.5, 0.6) is 0 Å². The number of aromatic nitrogens is 1. The van der Waals surface area contributed by atoms with Gasteiger partial charge in [-0.2, -0.15) is 0 Å². The number of alkyl halides is 1. The van der Waals surface area contributed by atoms with Crippen molar-refractivity contribution in [2.75, 3.05) is 13.1 Å². The summed E-state index contributed by atoms with van der Waals surface area (Å²) in [6.45, 7) is 5.79. The average Bonchev–Trinajstić information content (AvgIpc) is 2.65. The first-order valence-electron chi connectivity index (χ1n) is 8.62. The van der Waals surface area contributed by atoms with Gasteiger partial charge in [-0.05, 0) is 18.2 Å². The van der Waals surface area contributed by atoms with Gasteiger partial charge >= 0.3 is 6.09 Å². The number of nitrogens with zero attached hydrogens (tertiary/aromatic N) is 3. The van der Waals surface area contributed by atoms with Crippen molar-refractivity contribution in [2.24, 2.45) is 10.4 Å². The van der Waals surface area contributed by atoms with Crippen LogP contribution in [0.3, 0.4) is 0 Å². The molecule has 3 heterocycles. The molecule has 0 spiro atoms. The number of allylic oxidation sites excluding steroid dienone is 3. The van der Waals surface area contributed by atoms with Crippen LogP contribution in [0.1, 0.15) is 26.5 Å². The minimum absolute atomic E-state index is 0.00650. The van der Waals surface area contributed by atoms with Crippen LogP contribution in [0.25, 0.3) is 5.57 Å². The predicted molar refractivity (Wildman–Crippen MR) is 107 cm³/mol. The fourth-order valence-corrected chi connectivity index (χ4v) is 3.20. The SMILES string of the molecule is CC(C)(C)C1(F)C(c2ncccc2F)=CCN=C1Cl.O=C(O)N1C=CC=CC1. The molecule has 1 amide bonds. The smallest absolute Gasteiger partial charge is 0.411 e. The maximum absolute atomic E-state index is 15.5. The van der Waals surface area contributed by atoms with E-state index in [0.717, 1.165) is 0 Å². The van der Waals surface area contributed by atoms with E-state index in [9.17, 15) is 9.18 Å². The highest BCUT2D eigenvalue weighted by atomic mass is 35.5. The Kier molecular flexibility index (Phi) is 6.72. The Labute approximate surface area is 167 Å². The maximum Gasteiger partial charge on any atom is 0.411 e. The number of carboxylic acid groups (broad SMARTS) is 1. The summed E-state index contributed by atoms with van der Waals surface area (Å²) in [5.41, 5.74) is -2.75. The number of dihydropyridines is 1. The third-order valence-corrected chi connectivity index (χ3v) is 4.67. The van der Waals surface area contributed by atoms with Gasteiger partial charge in [-0.1, -0.05) is 50.6 Å². The second-order valence-corrected chi connectivity index (χ2v) is 7.55. The molecule has 0 saturated carbocycles. The number of hydrogen-bond acceptors (Lipinski definition) is 3. The lowest BCUT2D eigenvalue weighted by atomic mass is 9.72. The Morgan fingerprint density at radius 3 is 2.57 bits per heavy atom. The number of aliphatic imine (C=N–C) groups is 1. The molecule has 28 heavy (non-hydrogen) atoms. The van der Waals surface area contributed by atoms with Crippen LogP contribution < -0.4 is 0 Å². The largest absolute Gasteiger partial charge is 0.465 e. The molecule has 2 aliphatic rings. The average molecular weight is 410 g/mol. The second-order valence-electron chi connectivity index (χ2n) is 7.20. The van der Waals surface area contributed by atoms with Crippen LogP contribution in [-0.2, 0) is 0 Å². The topological polar surface area (TPSA) is 65.8 Å². The van der Waals surface area contributed by atoms with E-state index in [1.165, 1.54) is 29.4 Å². The third-order valence-electron chi connectivity index (χ3n) is 4.29. The molecule has 8 heteroatoms. The van der Waals surface area contributed by atoms with Gasteiger partial charge in [0.25, 0.3) is 0 Å². The monoisotopic (exact) mass is 409 g/mol. The van der Waals surface area contributed by atoms with E-state index < -0.39 is 23.0 Å². The molecule has 1 N–H and O–H groups in total.